The number of nitrogens with zero attached hydrogens (tertiary/aromatic N) is 1. The molecule has 1 atom stereocenters. The Balaban J connectivity index is 1.64. The number of likely N-dealkylation sites (N-methyl/N-ethyl adjacent to an activating group) is 1. The summed E-state index contributed by atoms with van der Waals surface area (Å²) < 4.78 is 5.56. The molecule has 2 aromatic rings. The fourth-order valence-electron chi connectivity index (χ4n) is 2.71. The van der Waals surface area contributed by atoms with Crippen molar-refractivity contribution in [2.24, 2.45) is 0 Å². The molecule has 1 aliphatic rings. The zero-order valence-electron chi connectivity index (χ0n) is 13.3. The lowest BCUT2D eigenvalue weighted by Gasteiger charge is -2.25. The molecule has 1 aliphatic heterocycles. The predicted molar refractivity (Wildman–Crippen MR) is 93.4 cm³/mol. The van der Waals surface area contributed by atoms with Gasteiger partial charge in [-0.2, -0.15) is 0 Å². The molecular weight excluding hydrogens is 310 g/mol. The van der Waals surface area contributed by atoms with Gasteiger partial charge in [-0.15, -0.1) is 11.3 Å². The average Bonchev–Trinajstić information content (AvgIpc) is 3.17. The highest BCUT2D eigenvalue weighted by molar-refractivity contribution is 7.14. The van der Waals surface area contributed by atoms with Crippen LogP contribution in [0.1, 0.15) is 17.2 Å². The Hall–Kier alpha value is -2.05. The van der Waals surface area contributed by atoms with Crippen molar-refractivity contribution in [2.75, 3.05) is 32.6 Å². The van der Waals surface area contributed by atoms with Crippen molar-refractivity contribution in [1.82, 2.24) is 10.2 Å². The van der Waals surface area contributed by atoms with Crippen LogP contribution in [-0.4, -0.2) is 38.2 Å². The smallest absolute Gasteiger partial charge is 0.319 e. The largest absolute Gasteiger partial charge is 0.493 e. The first kappa shape index (κ1) is 15.8. The van der Waals surface area contributed by atoms with Gasteiger partial charge in [0.1, 0.15) is 5.75 Å². The second-order valence-electron chi connectivity index (χ2n) is 5.76. The fraction of sp³-hybridized carbons (Fsp3) is 0.353. The Bertz CT molecular complexity index is 670. The van der Waals surface area contributed by atoms with Gasteiger partial charge >= 0.3 is 6.03 Å². The van der Waals surface area contributed by atoms with Crippen LogP contribution >= 0.6 is 11.3 Å². The van der Waals surface area contributed by atoms with Crippen molar-refractivity contribution in [3.05, 3.63) is 46.8 Å². The third-order valence-electron chi connectivity index (χ3n) is 3.94. The summed E-state index contributed by atoms with van der Waals surface area (Å²) in [5.74, 6) is 0.981. The first-order valence-electron chi connectivity index (χ1n) is 7.64. The highest BCUT2D eigenvalue weighted by atomic mass is 32.1. The molecule has 122 valence electrons. The molecule has 2 amide bonds. The summed E-state index contributed by atoms with van der Waals surface area (Å²) in [4.78, 5) is 14.1. The van der Waals surface area contributed by atoms with Crippen molar-refractivity contribution in [1.29, 1.82) is 0 Å². The number of carbonyl (C=O) groups excluding carboxylic acids is 1. The standard InChI is InChI=1S/C17H21N3O2S/c1-20(2)14(11-18-17(21)19-16-4-3-9-23-16)12-5-6-15-13(10-12)7-8-22-15/h3-6,9-10,14H,7-8,11H2,1-2H3,(H2,18,19,21)/t14-/m0/s1. The van der Waals surface area contributed by atoms with Crippen molar-refractivity contribution < 1.29 is 9.53 Å². The Morgan fingerprint density at radius 1 is 1.39 bits per heavy atom. The molecule has 0 bridgehead atoms. The lowest BCUT2D eigenvalue weighted by atomic mass is 10.0. The molecule has 5 nitrogen and oxygen atoms in total. The molecule has 0 radical (unpaired) electrons. The van der Waals surface area contributed by atoms with E-state index < -0.39 is 0 Å². The zero-order valence-corrected chi connectivity index (χ0v) is 14.2. The summed E-state index contributed by atoms with van der Waals surface area (Å²) in [5.41, 5.74) is 2.44. The maximum atomic E-state index is 12.0. The number of amides is 2. The molecule has 1 aromatic carbocycles. The van der Waals surface area contributed by atoms with E-state index in [0.29, 0.717) is 6.54 Å². The number of nitrogens with one attached hydrogen (secondary N) is 2. The summed E-state index contributed by atoms with van der Waals surface area (Å²) in [7, 11) is 4.04. The van der Waals surface area contributed by atoms with E-state index in [1.54, 1.807) is 0 Å². The normalized spacial score (nSPS) is 14.2. The number of anilines is 1. The highest BCUT2D eigenvalue weighted by Crippen LogP contribution is 2.29. The van der Waals surface area contributed by atoms with Gasteiger partial charge in [-0.3, -0.25) is 5.32 Å². The summed E-state index contributed by atoms with van der Waals surface area (Å²) in [6, 6.07) is 10.0. The van der Waals surface area contributed by atoms with Crippen LogP contribution in [0, 0.1) is 0 Å². The molecule has 0 saturated heterocycles. The minimum atomic E-state index is -0.177. The lowest BCUT2D eigenvalue weighted by molar-refractivity contribution is 0.243. The monoisotopic (exact) mass is 331 g/mol. The average molecular weight is 331 g/mol. The van der Waals surface area contributed by atoms with Gasteiger partial charge in [0.2, 0.25) is 0 Å². The number of carbonyl (C=O) groups is 1. The maximum Gasteiger partial charge on any atom is 0.319 e. The number of urea groups is 1. The fourth-order valence-corrected chi connectivity index (χ4v) is 3.32. The first-order valence-corrected chi connectivity index (χ1v) is 8.52. The second kappa shape index (κ2) is 7.02. The van der Waals surface area contributed by atoms with E-state index >= 15 is 0 Å². The number of hydrogen-bond acceptors (Lipinski definition) is 4. The van der Waals surface area contributed by atoms with Crippen molar-refractivity contribution in [3.8, 4) is 5.75 Å². The molecule has 0 fully saturated rings. The van der Waals surface area contributed by atoms with Gasteiger partial charge in [0, 0.05) is 13.0 Å². The predicted octanol–water partition coefficient (Wildman–Crippen LogP) is 3.11. The molecule has 0 aliphatic carbocycles. The number of hydrogen-bond donors (Lipinski definition) is 2. The van der Waals surface area contributed by atoms with Crippen molar-refractivity contribution >= 4 is 22.4 Å². The summed E-state index contributed by atoms with van der Waals surface area (Å²) in [5, 5.41) is 8.57. The van der Waals surface area contributed by atoms with Crippen LogP contribution in [-0.2, 0) is 6.42 Å². The van der Waals surface area contributed by atoms with Crippen LogP contribution in [0.5, 0.6) is 5.75 Å². The third-order valence-corrected chi connectivity index (χ3v) is 4.72. The number of ether oxygens (including phenoxy) is 1. The Kier molecular flexibility index (Phi) is 4.83. The van der Waals surface area contributed by atoms with Crippen LogP contribution in [0.4, 0.5) is 9.80 Å². The van der Waals surface area contributed by atoms with Crippen LogP contribution in [0.15, 0.2) is 35.7 Å². The van der Waals surface area contributed by atoms with Crippen molar-refractivity contribution in [2.45, 2.75) is 12.5 Å². The highest BCUT2D eigenvalue weighted by Gasteiger charge is 2.19. The van der Waals surface area contributed by atoms with Crippen LogP contribution in [0.25, 0.3) is 0 Å². The number of fused-ring (bicyclic) bond motifs is 1. The van der Waals surface area contributed by atoms with E-state index in [-0.39, 0.29) is 12.1 Å². The molecule has 2 heterocycles. The quantitative estimate of drug-likeness (QED) is 0.885. The van der Waals surface area contributed by atoms with Gasteiger partial charge in [-0.25, -0.2) is 4.79 Å². The minimum Gasteiger partial charge on any atom is -0.493 e. The van der Waals surface area contributed by atoms with E-state index in [2.05, 4.69) is 27.7 Å². The molecule has 0 saturated carbocycles. The topological polar surface area (TPSA) is 53.6 Å². The van der Waals surface area contributed by atoms with Gasteiger partial charge in [0.25, 0.3) is 0 Å². The summed E-state index contributed by atoms with van der Waals surface area (Å²) in [6.45, 7) is 1.30. The van der Waals surface area contributed by atoms with Gasteiger partial charge < -0.3 is 15.0 Å². The third kappa shape index (κ3) is 3.83. The van der Waals surface area contributed by atoms with E-state index in [4.69, 9.17) is 4.74 Å². The van der Waals surface area contributed by atoms with E-state index in [9.17, 15) is 4.79 Å². The van der Waals surface area contributed by atoms with E-state index in [0.717, 1.165) is 23.8 Å². The van der Waals surface area contributed by atoms with E-state index in [1.165, 1.54) is 22.5 Å². The van der Waals surface area contributed by atoms with Gasteiger partial charge in [-0.05, 0) is 48.8 Å². The number of benzene rings is 1. The van der Waals surface area contributed by atoms with Crippen LogP contribution in [0.2, 0.25) is 0 Å². The minimum absolute atomic E-state index is 0.120. The first-order chi connectivity index (χ1) is 11.1. The zero-order chi connectivity index (χ0) is 16.2. The maximum absolute atomic E-state index is 12.0. The molecular formula is C17H21N3O2S. The molecule has 23 heavy (non-hydrogen) atoms. The number of thiophene rings is 1. The summed E-state index contributed by atoms with van der Waals surface area (Å²) in [6.07, 6.45) is 0.954. The van der Waals surface area contributed by atoms with Gasteiger partial charge in [-0.1, -0.05) is 12.1 Å². The molecule has 0 spiro atoms. The van der Waals surface area contributed by atoms with Gasteiger partial charge in [0.05, 0.1) is 17.6 Å². The van der Waals surface area contributed by atoms with Gasteiger partial charge in [0.15, 0.2) is 0 Å². The van der Waals surface area contributed by atoms with Crippen LogP contribution in [0.3, 0.4) is 0 Å². The molecule has 3 rings (SSSR count). The molecule has 2 N–H and O–H groups in total. The second-order valence-corrected chi connectivity index (χ2v) is 6.71. The molecule has 1 aromatic heterocycles. The van der Waals surface area contributed by atoms with Crippen molar-refractivity contribution in [3.63, 3.8) is 0 Å². The van der Waals surface area contributed by atoms with Crippen LogP contribution < -0.4 is 15.4 Å². The Morgan fingerprint density at radius 2 is 2.26 bits per heavy atom. The molecule has 6 heteroatoms. The van der Waals surface area contributed by atoms with E-state index in [1.807, 2.05) is 37.7 Å². The number of rotatable bonds is 5. The summed E-state index contributed by atoms with van der Waals surface area (Å²) >= 11 is 1.51. The molecule has 0 unspecified atom stereocenters. The Morgan fingerprint density at radius 3 is 3.00 bits per heavy atom. The lowest BCUT2D eigenvalue weighted by Crippen LogP contribution is -2.36. The Labute approximate surface area is 140 Å². The SMILES string of the molecule is CN(C)[C@@H](CNC(=O)Nc1cccs1)c1ccc2c(c1)CCO2.